The molecule has 0 aliphatic heterocycles. The van der Waals surface area contributed by atoms with E-state index in [9.17, 15) is 9.59 Å². The second kappa shape index (κ2) is 6.00. The summed E-state index contributed by atoms with van der Waals surface area (Å²) in [5.41, 5.74) is 1.18. The number of amides is 1. The van der Waals surface area contributed by atoms with E-state index in [1.807, 2.05) is 0 Å². The number of carboxylic acids is 1. The van der Waals surface area contributed by atoms with Crippen LogP contribution in [0.25, 0.3) is 0 Å². The Morgan fingerprint density at radius 3 is 2.35 bits per heavy atom. The Hall–Kier alpha value is -1.88. The number of hydrogen-bond donors (Lipinski definition) is 2. The first kappa shape index (κ1) is 13.2. The van der Waals surface area contributed by atoms with Crippen LogP contribution >= 0.6 is 0 Å². The van der Waals surface area contributed by atoms with Gasteiger partial charge in [-0.2, -0.15) is 0 Å². The molecule has 5 nitrogen and oxygen atoms in total. The average molecular weight is 237 g/mol. The Morgan fingerprint density at radius 1 is 1.35 bits per heavy atom. The number of hydrogen-bond acceptors (Lipinski definition) is 3. The molecule has 0 radical (unpaired) electrons. The van der Waals surface area contributed by atoms with Crippen LogP contribution in [0.4, 0.5) is 5.69 Å². The zero-order valence-electron chi connectivity index (χ0n) is 9.77. The number of rotatable bonds is 5. The standard InChI is InChI=1S/C12H15NO4/c1-3-17-11(12(15)16)9-4-6-10(7-5-9)13-8(2)14/h4-7,11H,3H2,1-2H3,(H,13,14)(H,15,16)/t11-/m0/s1. The molecule has 92 valence electrons. The summed E-state index contributed by atoms with van der Waals surface area (Å²) in [7, 11) is 0. The van der Waals surface area contributed by atoms with Gasteiger partial charge in [0, 0.05) is 19.2 Å². The molecular formula is C12H15NO4. The number of ether oxygens (including phenoxy) is 1. The molecule has 0 aliphatic rings. The fourth-order valence-corrected chi connectivity index (χ4v) is 1.42. The average Bonchev–Trinajstić information content (AvgIpc) is 2.26. The van der Waals surface area contributed by atoms with E-state index in [1.54, 1.807) is 31.2 Å². The molecule has 0 heterocycles. The number of carbonyl (C=O) groups is 2. The third-order valence-electron chi connectivity index (χ3n) is 2.09. The molecule has 0 fully saturated rings. The normalized spacial score (nSPS) is 11.9. The zero-order chi connectivity index (χ0) is 12.8. The molecule has 0 saturated heterocycles. The van der Waals surface area contributed by atoms with Crippen molar-refractivity contribution in [3.8, 4) is 0 Å². The van der Waals surface area contributed by atoms with Crippen molar-refractivity contribution in [2.75, 3.05) is 11.9 Å². The summed E-state index contributed by atoms with van der Waals surface area (Å²) in [4.78, 5) is 21.8. The maximum absolute atomic E-state index is 11.0. The maximum atomic E-state index is 11.0. The number of benzene rings is 1. The van der Waals surface area contributed by atoms with Gasteiger partial charge in [0.2, 0.25) is 5.91 Å². The fraction of sp³-hybridized carbons (Fsp3) is 0.333. The van der Waals surface area contributed by atoms with Gasteiger partial charge in [-0.05, 0) is 24.6 Å². The van der Waals surface area contributed by atoms with Crippen LogP contribution in [0.1, 0.15) is 25.5 Å². The quantitative estimate of drug-likeness (QED) is 0.818. The summed E-state index contributed by atoms with van der Waals surface area (Å²) in [6.07, 6.45) is -0.966. The van der Waals surface area contributed by atoms with E-state index in [2.05, 4.69) is 5.32 Å². The lowest BCUT2D eigenvalue weighted by molar-refractivity contribution is -0.150. The first-order valence-electron chi connectivity index (χ1n) is 5.26. The summed E-state index contributed by atoms with van der Waals surface area (Å²) < 4.78 is 5.12. The summed E-state index contributed by atoms with van der Waals surface area (Å²) in [6, 6.07) is 6.54. The molecule has 0 spiro atoms. The van der Waals surface area contributed by atoms with Gasteiger partial charge in [0.25, 0.3) is 0 Å². The van der Waals surface area contributed by atoms with E-state index in [4.69, 9.17) is 9.84 Å². The van der Waals surface area contributed by atoms with Crippen molar-refractivity contribution in [2.24, 2.45) is 0 Å². The van der Waals surface area contributed by atoms with Gasteiger partial charge in [0.15, 0.2) is 6.10 Å². The minimum absolute atomic E-state index is 0.169. The summed E-state index contributed by atoms with van der Waals surface area (Å²) in [5.74, 6) is -1.20. The van der Waals surface area contributed by atoms with E-state index >= 15 is 0 Å². The van der Waals surface area contributed by atoms with Crippen molar-refractivity contribution < 1.29 is 19.4 Å². The lowest BCUT2D eigenvalue weighted by Gasteiger charge is -2.13. The lowest BCUT2D eigenvalue weighted by atomic mass is 10.1. The smallest absolute Gasteiger partial charge is 0.337 e. The lowest BCUT2D eigenvalue weighted by Crippen LogP contribution is -2.15. The number of nitrogens with one attached hydrogen (secondary N) is 1. The molecule has 0 unspecified atom stereocenters. The first-order chi connectivity index (χ1) is 8.04. The molecule has 1 atom stereocenters. The van der Waals surface area contributed by atoms with Crippen molar-refractivity contribution in [1.82, 2.24) is 0 Å². The number of carboxylic acid groups (broad SMARTS) is 1. The maximum Gasteiger partial charge on any atom is 0.337 e. The molecule has 1 rings (SSSR count). The van der Waals surface area contributed by atoms with Crippen LogP contribution < -0.4 is 5.32 Å². The minimum atomic E-state index is -1.03. The summed E-state index contributed by atoms with van der Waals surface area (Å²) in [6.45, 7) is 3.47. The highest BCUT2D eigenvalue weighted by Crippen LogP contribution is 2.20. The molecule has 0 bridgehead atoms. The van der Waals surface area contributed by atoms with Gasteiger partial charge < -0.3 is 15.2 Å². The van der Waals surface area contributed by atoms with Gasteiger partial charge >= 0.3 is 5.97 Å². The predicted octanol–water partition coefficient (Wildman–Crippen LogP) is 1.81. The van der Waals surface area contributed by atoms with Crippen molar-refractivity contribution >= 4 is 17.6 Å². The number of anilines is 1. The minimum Gasteiger partial charge on any atom is -0.479 e. The Labute approximate surface area is 99.4 Å². The molecule has 0 aliphatic carbocycles. The zero-order valence-corrected chi connectivity index (χ0v) is 9.77. The van der Waals surface area contributed by atoms with Crippen molar-refractivity contribution in [1.29, 1.82) is 0 Å². The summed E-state index contributed by atoms with van der Waals surface area (Å²) in [5, 5.41) is 11.6. The number of carbonyl (C=O) groups excluding carboxylic acids is 1. The molecule has 5 heteroatoms. The van der Waals surface area contributed by atoms with Gasteiger partial charge in [0.1, 0.15) is 0 Å². The van der Waals surface area contributed by atoms with Crippen LogP contribution in [-0.2, 0) is 14.3 Å². The van der Waals surface area contributed by atoms with Gasteiger partial charge in [-0.3, -0.25) is 4.79 Å². The highest BCUT2D eigenvalue weighted by atomic mass is 16.5. The third kappa shape index (κ3) is 3.88. The van der Waals surface area contributed by atoms with E-state index in [-0.39, 0.29) is 5.91 Å². The van der Waals surface area contributed by atoms with Gasteiger partial charge in [-0.25, -0.2) is 4.79 Å². The van der Waals surface area contributed by atoms with Crippen LogP contribution in [0, 0.1) is 0 Å². The molecule has 2 N–H and O–H groups in total. The Kier molecular flexibility index (Phi) is 4.66. The second-order valence-electron chi connectivity index (χ2n) is 3.48. The molecule has 1 amide bonds. The Morgan fingerprint density at radius 2 is 1.94 bits per heavy atom. The van der Waals surface area contributed by atoms with Gasteiger partial charge in [-0.1, -0.05) is 12.1 Å². The highest BCUT2D eigenvalue weighted by Gasteiger charge is 2.19. The third-order valence-corrected chi connectivity index (χ3v) is 2.09. The SMILES string of the molecule is CCO[C@H](C(=O)O)c1ccc(NC(C)=O)cc1. The topological polar surface area (TPSA) is 75.6 Å². The van der Waals surface area contributed by atoms with Crippen molar-refractivity contribution in [3.05, 3.63) is 29.8 Å². The van der Waals surface area contributed by atoms with Gasteiger partial charge in [-0.15, -0.1) is 0 Å². The summed E-state index contributed by atoms with van der Waals surface area (Å²) >= 11 is 0. The van der Waals surface area contributed by atoms with Crippen molar-refractivity contribution in [3.63, 3.8) is 0 Å². The Bertz CT molecular complexity index is 399. The van der Waals surface area contributed by atoms with Gasteiger partial charge in [0.05, 0.1) is 0 Å². The van der Waals surface area contributed by atoms with Crippen LogP contribution in [0.2, 0.25) is 0 Å². The van der Waals surface area contributed by atoms with E-state index in [1.165, 1.54) is 6.92 Å². The van der Waals surface area contributed by atoms with Crippen LogP contribution in [0.3, 0.4) is 0 Å². The van der Waals surface area contributed by atoms with Crippen LogP contribution in [-0.4, -0.2) is 23.6 Å². The predicted molar refractivity (Wildman–Crippen MR) is 62.7 cm³/mol. The van der Waals surface area contributed by atoms with E-state index in [0.29, 0.717) is 17.9 Å². The molecular weight excluding hydrogens is 222 g/mol. The molecule has 0 aromatic heterocycles. The van der Waals surface area contributed by atoms with Crippen molar-refractivity contribution in [2.45, 2.75) is 20.0 Å². The Balaban J connectivity index is 2.84. The van der Waals surface area contributed by atoms with Crippen LogP contribution in [0.15, 0.2) is 24.3 Å². The van der Waals surface area contributed by atoms with E-state index < -0.39 is 12.1 Å². The largest absolute Gasteiger partial charge is 0.479 e. The molecule has 0 saturated carbocycles. The molecule has 1 aromatic carbocycles. The van der Waals surface area contributed by atoms with Crippen LogP contribution in [0.5, 0.6) is 0 Å². The molecule has 1 aromatic rings. The monoisotopic (exact) mass is 237 g/mol. The second-order valence-corrected chi connectivity index (χ2v) is 3.48. The van der Waals surface area contributed by atoms with E-state index in [0.717, 1.165) is 0 Å². The fourth-order valence-electron chi connectivity index (χ4n) is 1.42. The molecule has 17 heavy (non-hydrogen) atoms. The first-order valence-corrected chi connectivity index (χ1v) is 5.26. The number of aliphatic carboxylic acids is 1. The highest BCUT2D eigenvalue weighted by molar-refractivity contribution is 5.88.